The predicted molar refractivity (Wildman–Crippen MR) is 166 cm³/mol. The molecule has 6 rings (SSSR count). The van der Waals surface area contributed by atoms with E-state index in [-0.39, 0.29) is 18.0 Å². The molecule has 1 fully saturated rings. The number of carbonyl (C=O) groups excluding carboxylic acids is 1. The molecular formula is C33H24ClN3O3S. The number of thioether (sulfide) groups is 1. The quantitative estimate of drug-likeness (QED) is 0.200. The lowest BCUT2D eigenvalue weighted by Crippen LogP contribution is -2.28. The van der Waals surface area contributed by atoms with Crippen molar-refractivity contribution in [2.75, 3.05) is 0 Å². The first-order chi connectivity index (χ1) is 19.9. The molecule has 0 radical (unpaired) electrons. The second-order valence-electron chi connectivity index (χ2n) is 9.59. The molecule has 0 saturated carbocycles. The van der Waals surface area contributed by atoms with Crippen LogP contribution in [0.4, 0.5) is 5.69 Å². The summed E-state index contributed by atoms with van der Waals surface area (Å²) in [6.07, 6.45) is 4.00. The average molecular weight is 578 g/mol. The van der Waals surface area contributed by atoms with Crippen LogP contribution in [0.2, 0.25) is 5.02 Å². The van der Waals surface area contributed by atoms with Crippen molar-refractivity contribution in [1.82, 2.24) is 9.47 Å². The number of amidine groups is 1. The zero-order valence-corrected chi connectivity index (χ0v) is 23.3. The lowest BCUT2D eigenvalue weighted by Gasteiger charge is -2.16. The molecule has 6 nitrogen and oxygen atoms in total. The van der Waals surface area contributed by atoms with Crippen molar-refractivity contribution in [3.05, 3.63) is 142 Å². The maximum absolute atomic E-state index is 13.8. The standard InChI is InChI=1S/C33H24ClN3O3S/c34-26-16-12-22(13-17-26)19-36-21-25(28-8-4-5-9-29(28)36)18-30-31(38)37(20-23-10-14-24(15-11-23)32(39)40)33(41-30)35-27-6-2-1-3-7-27/h1-18,21H,19-20H2,(H,39,40)/b30-18-,35-33?. The Labute approximate surface area is 246 Å². The van der Waals surface area contributed by atoms with E-state index in [1.165, 1.54) is 11.8 Å². The Morgan fingerprint density at radius 3 is 2.24 bits per heavy atom. The molecule has 1 aliphatic heterocycles. The number of rotatable bonds is 7. The zero-order valence-electron chi connectivity index (χ0n) is 21.8. The minimum absolute atomic E-state index is 0.151. The highest BCUT2D eigenvalue weighted by molar-refractivity contribution is 8.18. The van der Waals surface area contributed by atoms with Gasteiger partial charge in [0.15, 0.2) is 5.17 Å². The number of benzene rings is 4. The second-order valence-corrected chi connectivity index (χ2v) is 11.0. The van der Waals surface area contributed by atoms with E-state index in [4.69, 9.17) is 16.6 Å². The number of hydrogen-bond acceptors (Lipinski definition) is 4. The van der Waals surface area contributed by atoms with E-state index < -0.39 is 5.97 Å². The Bertz CT molecular complexity index is 1810. The van der Waals surface area contributed by atoms with Crippen LogP contribution in [-0.4, -0.2) is 31.6 Å². The van der Waals surface area contributed by atoms with Crippen molar-refractivity contribution >= 4 is 63.1 Å². The lowest BCUT2D eigenvalue weighted by atomic mass is 10.1. The van der Waals surface area contributed by atoms with Gasteiger partial charge in [-0.15, -0.1) is 0 Å². The maximum Gasteiger partial charge on any atom is 0.335 e. The van der Waals surface area contributed by atoms with Crippen LogP contribution >= 0.6 is 23.4 Å². The largest absolute Gasteiger partial charge is 0.478 e. The minimum atomic E-state index is -0.990. The average Bonchev–Trinajstić information content (AvgIpc) is 3.47. The summed E-state index contributed by atoms with van der Waals surface area (Å²) in [5.74, 6) is -1.14. The molecule has 0 spiro atoms. The highest BCUT2D eigenvalue weighted by atomic mass is 35.5. The number of carbonyl (C=O) groups is 2. The van der Waals surface area contributed by atoms with Gasteiger partial charge in [0, 0.05) is 34.2 Å². The third-order valence-corrected chi connectivity index (χ3v) is 8.04. The summed E-state index contributed by atoms with van der Waals surface area (Å²) in [5.41, 5.74) is 4.89. The molecule has 4 aromatic carbocycles. The Hall–Kier alpha value is -4.59. The van der Waals surface area contributed by atoms with Crippen LogP contribution in [0.15, 0.2) is 119 Å². The summed E-state index contributed by atoms with van der Waals surface area (Å²) in [4.78, 5) is 32.1. The topological polar surface area (TPSA) is 74.9 Å². The second kappa shape index (κ2) is 11.5. The van der Waals surface area contributed by atoms with Crippen LogP contribution in [0.3, 0.4) is 0 Å². The summed E-state index contributed by atoms with van der Waals surface area (Å²) in [6, 6.07) is 32.0. The number of carboxylic acid groups (broad SMARTS) is 1. The number of halogens is 1. The van der Waals surface area contributed by atoms with Crippen LogP contribution in [-0.2, 0) is 17.9 Å². The first-order valence-electron chi connectivity index (χ1n) is 12.9. The van der Waals surface area contributed by atoms with E-state index in [2.05, 4.69) is 22.9 Å². The van der Waals surface area contributed by atoms with Gasteiger partial charge in [-0.1, -0.05) is 72.3 Å². The molecule has 0 aliphatic carbocycles. The van der Waals surface area contributed by atoms with Gasteiger partial charge in [-0.2, -0.15) is 0 Å². The molecule has 0 atom stereocenters. The zero-order chi connectivity index (χ0) is 28.3. The van der Waals surface area contributed by atoms with E-state index in [0.29, 0.717) is 21.6 Å². The Kier molecular flexibility index (Phi) is 7.46. The molecule has 1 N–H and O–H groups in total. The summed E-state index contributed by atoms with van der Waals surface area (Å²) < 4.78 is 2.18. The molecule has 8 heteroatoms. The van der Waals surface area contributed by atoms with E-state index in [1.807, 2.05) is 72.8 Å². The number of amides is 1. The van der Waals surface area contributed by atoms with Crippen molar-refractivity contribution in [2.45, 2.75) is 13.1 Å². The van der Waals surface area contributed by atoms with Crippen LogP contribution in [0.1, 0.15) is 27.0 Å². The van der Waals surface area contributed by atoms with Crippen molar-refractivity contribution in [1.29, 1.82) is 0 Å². The van der Waals surface area contributed by atoms with Gasteiger partial charge in [-0.3, -0.25) is 9.69 Å². The van der Waals surface area contributed by atoms with Crippen molar-refractivity contribution in [3.63, 3.8) is 0 Å². The van der Waals surface area contributed by atoms with Crippen LogP contribution in [0.25, 0.3) is 17.0 Å². The van der Waals surface area contributed by atoms with E-state index in [0.717, 1.165) is 33.3 Å². The Morgan fingerprint density at radius 2 is 1.51 bits per heavy atom. The van der Waals surface area contributed by atoms with Gasteiger partial charge in [0.05, 0.1) is 22.7 Å². The normalized spacial score (nSPS) is 15.3. The fourth-order valence-electron chi connectivity index (χ4n) is 4.73. The van der Waals surface area contributed by atoms with Gasteiger partial charge in [0.25, 0.3) is 5.91 Å². The molecule has 1 aliphatic rings. The molecule has 5 aromatic rings. The number of aliphatic imine (C=N–C) groups is 1. The third-order valence-electron chi connectivity index (χ3n) is 6.78. The molecule has 41 heavy (non-hydrogen) atoms. The summed E-state index contributed by atoms with van der Waals surface area (Å²) >= 11 is 7.42. The molecular weight excluding hydrogens is 554 g/mol. The van der Waals surface area contributed by atoms with Gasteiger partial charge in [0.2, 0.25) is 0 Å². The van der Waals surface area contributed by atoms with Crippen molar-refractivity contribution in [3.8, 4) is 0 Å². The number of carboxylic acids is 1. The number of aromatic nitrogens is 1. The fourth-order valence-corrected chi connectivity index (χ4v) is 5.84. The predicted octanol–water partition coefficient (Wildman–Crippen LogP) is 7.85. The van der Waals surface area contributed by atoms with E-state index in [1.54, 1.807) is 29.2 Å². The third kappa shape index (κ3) is 5.82. The summed E-state index contributed by atoms with van der Waals surface area (Å²) in [5, 5.41) is 11.6. The highest BCUT2D eigenvalue weighted by Gasteiger charge is 2.34. The van der Waals surface area contributed by atoms with E-state index >= 15 is 0 Å². The van der Waals surface area contributed by atoms with Crippen LogP contribution < -0.4 is 0 Å². The Balaban J connectivity index is 1.36. The van der Waals surface area contributed by atoms with Gasteiger partial charge in [-0.25, -0.2) is 9.79 Å². The first kappa shape index (κ1) is 26.6. The van der Waals surface area contributed by atoms with Gasteiger partial charge in [-0.05, 0) is 71.4 Å². The maximum atomic E-state index is 13.8. The lowest BCUT2D eigenvalue weighted by molar-refractivity contribution is -0.122. The highest BCUT2D eigenvalue weighted by Crippen LogP contribution is 2.36. The summed E-state index contributed by atoms with van der Waals surface area (Å²) in [6.45, 7) is 0.939. The number of fused-ring (bicyclic) bond motifs is 1. The minimum Gasteiger partial charge on any atom is -0.478 e. The first-order valence-corrected chi connectivity index (χ1v) is 14.1. The molecule has 1 amide bonds. The molecule has 1 saturated heterocycles. The van der Waals surface area contributed by atoms with Gasteiger partial charge < -0.3 is 9.67 Å². The Morgan fingerprint density at radius 1 is 0.854 bits per heavy atom. The monoisotopic (exact) mass is 577 g/mol. The van der Waals surface area contributed by atoms with Gasteiger partial charge in [0.1, 0.15) is 0 Å². The molecule has 202 valence electrons. The van der Waals surface area contributed by atoms with Crippen LogP contribution in [0, 0.1) is 0 Å². The number of para-hydroxylation sites is 2. The molecule has 0 bridgehead atoms. The smallest absolute Gasteiger partial charge is 0.335 e. The van der Waals surface area contributed by atoms with Crippen molar-refractivity contribution in [2.24, 2.45) is 4.99 Å². The molecule has 0 unspecified atom stereocenters. The number of aromatic carboxylic acids is 1. The van der Waals surface area contributed by atoms with Crippen LogP contribution in [0.5, 0.6) is 0 Å². The van der Waals surface area contributed by atoms with E-state index in [9.17, 15) is 14.7 Å². The fraction of sp³-hybridized carbons (Fsp3) is 0.0606. The molecule has 1 aromatic heterocycles. The van der Waals surface area contributed by atoms with Crippen molar-refractivity contribution < 1.29 is 14.7 Å². The SMILES string of the molecule is O=C(O)c1ccc(CN2C(=O)/C(=C/c3cn(Cc4ccc(Cl)cc4)c4ccccc34)SC2=Nc2ccccc2)cc1. The molecule has 2 heterocycles. The van der Waals surface area contributed by atoms with Gasteiger partial charge >= 0.3 is 5.97 Å². The summed E-state index contributed by atoms with van der Waals surface area (Å²) in [7, 11) is 0. The number of hydrogen-bond donors (Lipinski definition) is 1. The number of nitrogens with zero attached hydrogens (tertiary/aromatic N) is 3.